The SMILES string of the molecule is COc1cc(CN(C(=O)c2cc(OC(=O)O)c(OC(=O)O)cc2OC(=O)O)[C@H]2CCCc3ccccc32)cc(OC)c1. The first-order valence-corrected chi connectivity index (χ1v) is 12.6. The highest BCUT2D eigenvalue weighted by Crippen LogP contribution is 2.41. The molecule has 0 saturated carbocycles. The second-order valence-corrected chi connectivity index (χ2v) is 9.16. The Balaban J connectivity index is 1.89. The lowest BCUT2D eigenvalue weighted by atomic mass is 9.86. The standard InChI is InChI=1S/C29H27NO12/c1-38-18-10-16(11-19(12-18)39-2)15-30(22-9-5-7-17-6-3-4-8-20(17)22)26(31)21-13-24(41-28(34)35)25(42-29(36)37)14-23(21)40-27(32)33/h3-4,6,8,10-14,22H,5,7,9,15H2,1-2H3,(H,32,33)(H,34,35)(H,36,37)/t22-/m0/s1. The highest BCUT2D eigenvalue weighted by molar-refractivity contribution is 5.99. The minimum atomic E-state index is -1.84. The summed E-state index contributed by atoms with van der Waals surface area (Å²) in [5.41, 5.74) is 2.15. The number of amides is 1. The largest absolute Gasteiger partial charge is 0.511 e. The molecule has 0 saturated heterocycles. The van der Waals surface area contributed by atoms with Crippen molar-refractivity contribution >= 4 is 24.4 Å². The summed E-state index contributed by atoms with van der Waals surface area (Å²) >= 11 is 0. The van der Waals surface area contributed by atoms with Gasteiger partial charge in [0.05, 0.1) is 25.8 Å². The van der Waals surface area contributed by atoms with Crippen molar-refractivity contribution in [2.45, 2.75) is 31.8 Å². The highest BCUT2D eigenvalue weighted by atomic mass is 16.7. The third-order valence-electron chi connectivity index (χ3n) is 6.61. The van der Waals surface area contributed by atoms with Crippen LogP contribution >= 0.6 is 0 Å². The van der Waals surface area contributed by atoms with Crippen molar-refractivity contribution in [3.05, 3.63) is 76.9 Å². The number of aryl methyl sites for hydroxylation is 1. The van der Waals surface area contributed by atoms with Gasteiger partial charge in [0.25, 0.3) is 5.91 Å². The fourth-order valence-corrected chi connectivity index (χ4v) is 4.92. The van der Waals surface area contributed by atoms with E-state index in [-0.39, 0.29) is 6.54 Å². The number of rotatable bonds is 9. The van der Waals surface area contributed by atoms with Crippen molar-refractivity contribution in [2.24, 2.45) is 0 Å². The first kappa shape index (κ1) is 29.5. The third kappa shape index (κ3) is 6.81. The van der Waals surface area contributed by atoms with Gasteiger partial charge in [0.15, 0.2) is 17.2 Å². The van der Waals surface area contributed by atoms with Crippen LogP contribution in [0.5, 0.6) is 28.7 Å². The topological polar surface area (TPSA) is 178 Å². The Kier molecular flexibility index (Phi) is 9.00. The molecule has 0 aromatic heterocycles. The van der Waals surface area contributed by atoms with Crippen molar-refractivity contribution in [1.29, 1.82) is 0 Å². The lowest BCUT2D eigenvalue weighted by Crippen LogP contribution is -2.36. The maximum absolute atomic E-state index is 14.4. The summed E-state index contributed by atoms with van der Waals surface area (Å²) < 4.78 is 24.9. The zero-order chi connectivity index (χ0) is 30.4. The van der Waals surface area contributed by atoms with E-state index in [9.17, 15) is 29.4 Å². The second kappa shape index (κ2) is 12.8. The molecule has 0 fully saturated rings. The fourth-order valence-electron chi connectivity index (χ4n) is 4.92. The minimum Gasteiger partial charge on any atom is -0.497 e. The van der Waals surface area contributed by atoms with Gasteiger partial charge in [-0.25, -0.2) is 14.4 Å². The van der Waals surface area contributed by atoms with Crippen molar-refractivity contribution in [1.82, 2.24) is 4.90 Å². The highest BCUT2D eigenvalue weighted by Gasteiger charge is 2.33. The van der Waals surface area contributed by atoms with Gasteiger partial charge in [-0.15, -0.1) is 0 Å². The van der Waals surface area contributed by atoms with Gasteiger partial charge in [-0.3, -0.25) is 4.79 Å². The average molecular weight is 582 g/mol. The number of carbonyl (C=O) groups excluding carboxylic acids is 1. The Morgan fingerprint density at radius 2 is 1.36 bits per heavy atom. The summed E-state index contributed by atoms with van der Waals surface area (Å²) in [5.74, 6) is -1.72. The van der Waals surface area contributed by atoms with Crippen molar-refractivity contribution in [3.63, 3.8) is 0 Å². The van der Waals surface area contributed by atoms with Crippen LogP contribution in [-0.2, 0) is 13.0 Å². The van der Waals surface area contributed by atoms with Crippen molar-refractivity contribution in [2.75, 3.05) is 14.2 Å². The van der Waals surface area contributed by atoms with Crippen LogP contribution in [0.15, 0.2) is 54.6 Å². The van der Waals surface area contributed by atoms with Crippen LogP contribution in [0.2, 0.25) is 0 Å². The van der Waals surface area contributed by atoms with Gasteiger partial charge < -0.3 is 43.9 Å². The summed E-state index contributed by atoms with van der Waals surface area (Å²) in [4.78, 5) is 50.0. The molecule has 0 bridgehead atoms. The lowest BCUT2D eigenvalue weighted by molar-refractivity contribution is 0.0632. The van der Waals surface area contributed by atoms with E-state index in [0.717, 1.165) is 36.1 Å². The molecule has 3 N–H and O–H groups in total. The van der Waals surface area contributed by atoms with Gasteiger partial charge in [-0.2, -0.15) is 0 Å². The van der Waals surface area contributed by atoms with Crippen LogP contribution in [-0.4, -0.2) is 58.8 Å². The van der Waals surface area contributed by atoms with Gasteiger partial charge >= 0.3 is 18.5 Å². The zero-order valence-corrected chi connectivity index (χ0v) is 22.6. The molecule has 4 rings (SSSR count). The quantitative estimate of drug-likeness (QED) is 0.211. The molecule has 13 nitrogen and oxygen atoms in total. The summed E-state index contributed by atoms with van der Waals surface area (Å²) in [7, 11) is 2.97. The molecule has 220 valence electrons. The van der Waals surface area contributed by atoms with E-state index in [1.807, 2.05) is 24.3 Å². The molecular formula is C29H27NO12. The predicted molar refractivity (Wildman–Crippen MR) is 144 cm³/mol. The van der Waals surface area contributed by atoms with Gasteiger partial charge in [-0.1, -0.05) is 24.3 Å². The number of hydrogen-bond acceptors (Lipinski definition) is 9. The molecule has 0 unspecified atom stereocenters. The fraction of sp³-hybridized carbons (Fsp3) is 0.241. The zero-order valence-electron chi connectivity index (χ0n) is 22.6. The number of benzene rings is 3. The molecule has 0 aliphatic heterocycles. The van der Waals surface area contributed by atoms with E-state index < -0.39 is 53.2 Å². The van der Waals surface area contributed by atoms with E-state index >= 15 is 0 Å². The van der Waals surface area contributed by atoms with Crippen LogP contribution < -0.4 is 23.7 Å². The molecule has 13 heteroatoms. The molecular weight excluding hydrogens is 554 g/mol. The molecule has 0 spiro atoms. The second-order valence-electron chi connectivity index (χ2n) is 9.16. The number of ether oxygens (including phenoxy) is 5. The predicted octanol–water partition coefficient (Wildman–Crippen LogP) is 5.59. The molecule has 1 amide bonds. The number of carboxylic acid groups (broad SMARTS) is 3. The molecule has 42 heavy (non-hydrogen) atoms. The van der Waals surface area contributed by atoms with E-state index in [0.29, 0.717) is 23.5 Å². The maximum atomic E-state index is 14.4. The minimum absolute atomic E-state index is 0.000401. The van der Waals surface area contributed by atoms with Crippen LogP contribution in [0.4, 0.5) is 14.4 Å². The Morgan fingerprint density at radius 3 is 1.95 bits per heavy atom. The first-order chi connectivity index (χ1) is 20.1. The monoisotopic (exact) mass is 581 g/mol. The number of carbonyl (C=O) groups is 4. The molecule has 0 heterocycles. The van der Waals surface area contributed by atoms with Gasteiger partial charge in [0.2, 0.25) is 0 Å². The smallest absolute Gasteiger partial charge is 0.497 e. The van der Waals surface area contributed by atoms with Crippen LogP contribution in [0.1, 0.15) is 45.9 Å². The van der Waals surface area contributed by atoms with E-state index in [2.05, 4.69) is 9.47 Å². The van der Waals surface area contributed by atoms with Gasteiger partial charge in [0, 0.05) is 24.7 Å². The van der Waals surface area contributed by atoms with Crippen LogP contribution in [0.25, 0.3) is 0 Å². The molecule has 0 radical (unpaired) electrons. The van der Waals surface area contributed by atoms with Crippen LogP contribution in [0, 0.1) is 0 Å². The maximum Gasteiger partial charge on any atom is 0.511 e. The summed E-state index contributed by atoms with van der Waals surface area (Å²) in [6, 6.07) is 13.9. The number of methoxy groups -OCH3 is 2. The van der Waals surface area contributed by atoms with E-state index in [1.54, 1.807) is 18.2 Å². The Labute approximate surface area is 239 Å². The molecule has 1 aliphatic carbocycles. The third-order valence-corrected chi connectivity index (χ3v) is 6.61. The summed E-state index contributed by atoms with van der Waals surface area (Å²) in [5, 5.41) is 27.7. The van der Waals surface area contributed by atoms with E-state index in [4.69, 9.17) is 19.3 Å². The number of fused-ring (bicyclic) bond motifs is 1. The Bertz CT molecular complexity index is 1500. The van der Waals surface area contributed by atoms with Gasteiger partial charge in [-0.05, 0) is 48.1 Å². The molecule has 3 aromatic carbocycles. The first-order valence-electron chi connectivity index (χ1n) is 12.6. The number of nitrogens with zero attached hydrogens (tertiary/aromatic N) is 1. The lowest BCUT2D eigenvalue weighted by Gasteiger charge is -2.36. The van der Waals surface area contributed by atoms with Crippen molar-refractivity contribution in [3.8, 4) is 28.7 Å². The molecule has 3 aromatic rings. The molecule has 1 aliphatic rings. The normalized spacial score (nSPS) is 13.7. The number of hydrogen-bond donors (Lipinski definition) is 3. The Hall–Kier alpha value is -5.46. The van der Waals surface area contributed by atoms with Crippen LogP contribution in [0.3, 0.4) is 0 Å². The average Bonchev–Trinajstić information content (AvgIpc) is 2.95. The summed E-state index contributed by atoms with van der Waals surface area (Å²) in [6.45, 7) is 0.000401. The van der Waals surface area contributed by atoms with Crippen molar-refractivity contribution < 1.29 is 58.2 Å². The molecule has 1 atom stereocenters. The van der Waals surface area contributed by atoms with Gasteiger partial charge in [0.1, 0.15) is 11.5 Å². The van der Waals surface area contributed by atoms with E-state index in [1.165, 1.54) is 19.1 Å². The summed E-state index contributed by atoms with van der Waals surface area (Å²) in [6.07, 6.45) is -3.34. The Morgan fingerprint density at radius 1 is 0.786 bits per heavy atom.